The molecule has 20 heavy (non-hydrogen) atoms. The molecule has 0 heterocycles. The summed E-state index contributed by atoms with van der Waals surface area (Å²) in [5, 5.41) is 0. The Labute approximate surface area is 120 Å². The lowest BCUT2D eigenvalue weighted by Crippen LogP contribution is -1.96. The molecule has 104 valence electrons. The highest BCUT2D eigenvalue weighted by molar-refractivity contribution is 7.99. The Morgan fingerprint density at radius 1 is 1.10 bits per heavy atom. The maximum atomic E-state index is 13.7. The number of carbonyl (C=O) groups is 1. The fraction of sp³-hybridized carbons (Fsp3) is 0.0714. The fourth-order valence-corrected chi connectivity index (χ4v) is 3.00. The van der Waals surface area contributed by atoms with Crippen LogP contribution in [-0.4, -0.2) is 21.0 Å². The lowest BCUT2D eigenvalue weighted by Gasteiger charge is -2.05. The highest BCUT2D eigenvalue weighted by Gasteiger charge is 2.08. The standard InChI is InChI=1S/C14H11FO3S2/c1-20(17,18)12-5-3-11(4-6-12)19-14-7-2-10(9-16)8-13(14)15/h2-9H,1H3. The Kier molecular flexibility index (Phi) is 4.25. The van der Waals surface area contributed by atoms with E-state index in [1.54, 1.807) is 12.1 Å². The Balaban J connectivity index is 2.24. The van der Waals surface area contributed by atoms with Gasteiger partial charge in [0.2, 0.25) is 0 Å². The molecule has 0 aliphatic heterocycles. The summed E-state index contributed by atoms with van der Waals surface area (Å²) >= 11 is 1.17. The molecule has 3 nitrogen and oxygen atoms in total. The molecule has 0 saturated heterocycles. The van der Waals surface area contributed by atoms with Crippen LogP contribution in [0, 0.1) is 5.82 Å². The van der Waals surface area contributed by atoms with Crippen LogP contribution in [0.3, 0.4) is 0 Å². The zero-order chi connectivity index (χ0) is 14.8. The maximum Gasteiger partial charge on any atom is 0.175 e. The number of hydrogen-bond donors (Lipinski definition) is 0. The van der Waals surface area contributed by atoms with Crippen molar-refractivity contribution in [1.29, 1.82) is 0 Å². The van der Waals surface area contributed by atoms with Crippen LogP contribution in [0.2, 0.25) is 0 Å². The molecule has 0 atom stereocenters. The first-order valence-corrected chi connectivity index (χ1v) is 8.33. The van der Waals surface area contributed by atoms with E-state index in [1.807, 2.05) is 0 Å². The third-order valence-electron chi connectivity index (χ3n) is 2.57. The molecule has 0 bridgehead atoms. The van der Waals surface area contributed by atoms with Crippen LogP contribution in [0.5, 0.6) is 0 Å². The summed E-state index contributed by atoms with van der Waals surface area (Å²) in [5.41, 5.74) is 0.277. The molecule has 0 aliphatic carbocycles. The lowest BCUT2D eigenvalue weighted by atomic mass is 10.2. The summed E-state index contributed by atoms with van der Waals surface area (Å²) in [6.45, 7) is 0. The second-order valence-corrected chi connectivity index (χ2v) is 7.28. The van der Waals surface area contributed by atoms with Crippen LogP contribution in [0.4, 0.5) is 4.39 Å². The molecule has 6 heteroatoms. The Morgan fingerprint density at radius 2 is 1.75 bits per heavy atom. The van der Waals surface area contributed by atoms with Gasteiger partial charge in [-0.25, -0.2) is 12.8 Å². The van der Waals surface area contributed by atoms with Gasteiger partial charge in [0.15, 0.2) is 9.84 Å². The lowest BCUT2D eigenvalue weighted by molar-refractivity contribution is 0.112. The third kappa shape index (κ3) is 3.46. The van der Waals surface area contributed by atoms with Crippen molar-refractivity contribution in [3.8, 4) is 0 Å². The van der Waals surface area contributed by atoms with E-state index in [0.717, 1.165) is 11.2 Å². The van der Waals surface area contributed by atoms with Gasteiger partial charge in [0.25, 0.3) is 0 Å². The van der Waals surface area contributed by atoms with Crippen molar-refractivity contribution in [2.24, 2.45) is 0 Å². The van der Waals surface area contributed by atoms with Crippen LogP contribution in [-0.2, 0) is 9.84 Å². The normalized spacial score (nSPS) is 11.3. The van der Waals surface area contributed by atoms with E-state index >= 15 is 0 Å². The highest BCUT2D eigenvalue weighted by atomic mass is 32.2. The first kappa shape index (κ1) is 14.7. The smallest absolute Gasteiger partial charge is 0.175 e. The van der Waals surface area contributed by atoms with E-state index in [-0.39, 0.29) is 10.5 Å². The van der Waals surface area contributed by atoms with Crippen molar-refractivity contribution in [3.63, 3.8) is 0 Å². The number of rotatable bonds is 4. The second kappa shape index (κ2) is 5.76. The van der Waals surface area contributed by atoms with Gasteiger partial charge in [0.1, 0.15) is 12.1 Å². The van der Waals surface area contributed by atoms with Crippen molar-refractivity contribution in [2.45, 2.75) is 14.7 Å². The molecule has 0 amide bonds. The minimum Gasteiger partial charge on any atom is -0.298 e. The van der Waals surface area contributed by atoms with Crippen molar-refractivity contribution < 1.29 is 17.6 Å². The summed E-state index contributed by atoms with van der Waals surface area (Å²) in [6.07, 6.45) is 1.71. The average Bonchev–Trinajstić information content (AvgIpc) is 2.40. The quantitative estimate of drug-likeness (QED) is 0.814. The van der Waals surface area contributed by atoms with Gasteiger partial charge in [0.05, 0.1) is 4.90 Å². The molecule has 2 aromatic rings. The molecule has 0 saturated carbocycles. The number of carbonyl (C=O) groups excluding carboxylic acids is 1. The number of sulfone groups is 1. The largest absolute Gasteiger partial charge is 0.298 e. The Hall–Kier alpha value is -1.66. The second-order valence-electron chi connectivity index (χ2n) is 4.15. The van der Waals surface area contributed by atoms with Gasteiger partial charge in [0, 0.05) is 21.6 Å². The molecule has 0 N–H and O–H groups in total. The van der Waals surface area contributed by atoms with Gasteiger partial charge in [-0.2, -0.15) is 0 Å². The van der Waals surface area contributed by atoms with Crippen molar-refractivity contribution in [2.75, 3.05) is 6.26 Å². The number of halogens is 1. The van der Waals surface area contributed by atoms with Crippen LogP contribution in [0.15, 0.2) is 57.2 Å². The predicted molar refractivity (Wildman–Crippen MR) is 75.5 cm³/mol. The van der Waals surface area contributed by atoms with Crippen molar-refractivity contribution >= 4 is 27.9 Å². The molecule has 0 radical (unpaired) electrons. The van der Waals surface area contributed by atoms with Crippen molar-refractivity contribution in [3.05, 3.63) is 53.8 Å². The van der Waals surface area contributed by atoms with Crippen LogP contribution in [0.25, 0.3) is 0 Å². The van der Waals surface area contributed by atoms with Gasteiger partial charge in [-0.05, 0) is 36.4 Å². The van der Waals surface area contributed by atoms with E-state index in [2.05, 4.69) is 0 Å². The van der Waals surface area contributed by atoms with Gasteiger partial charge in [-0.15, -0.1) is 0 Å². The van der Waals surface area contributed by atoms with Crippen LogP contribution in [0.1, 0.15) is 10.4 Å². The van der Waals surface area contributed by atoms with Gasteiger partial charge >= 0.3 is 0 Å². The van der Waals surface area contributed by atoms with Crippen LogP contribution >= 0.6 is 11.8 Å². The number of hydrogen-bond acceptors (Lipinski definition) is 4. The Bertz CT molecular complexity index is 738. The minimum atomic E-state index is -3.23. The Morgan fingerprint density at radius 3 is 2.25 bits per heavy atom. The van der Waals surface area contributed by atoms with E-state index in [1.165, 1.54) is 42.1 Å². The SMILES string of the molecule is CS(=O)(=O)c1ccc(Sc2ccc(C=O)cc2F)cc1. The summed E-state index contributed by atoms with van der Waals surface area (Å²) in [6, 6.07) is 10.4. The third-order valence-corrected chi connectivity index (χ3v) is 4.76. The van der Waals surface area contributed by atoms with E-state index < -0.39 is 15.7 Å². The zero-order valence-corrected chi connectivity index (χ0v) is 12.2. The van der Waals surface area contributed by atoms with Gasteiger partial charge in [-0.3, -0.25) is 4.79 Å². The summed E-state index contributed by atoms with van der Waals surface area (Å²) in [7, 11) is -3.23. The first-order chi connectivity index (χ1) is 9.40. The van der Waals surface area contributed by atoms with Crippen molar-refractivity contribution in [1.82, 2.24) is 0 Å². The zero-order valence-electron chi connectivity index (χ0n) is 10.5. The molecule has 2 aromatic carbocycles. The monoisotopic (exact) mass is 310 g/mol. The minimum absolute atomic E-state index is 0.221. The average molecular weight is 310 g/mol. The molecular formula is C14H11FO3S2. The first-order valence-electron chi connectivity index (χ1n) is 5.63. The number of benzene rings is 2. The van der Waals surface area contributed by atoms with Gasteiger partial charge < -0.3 is 0 Å². The highest BCUT2D eigenvalue weighted by Crippen LogP contribution is 2.30. The van der Waals surface area contributed by atoms with Gasteiger partial charge in [-0.1, -0.05) is 17.8 Å². The number of aldehydes is 1. The molecule has 0 fully saturated rings. The summed E-state index contributed by atoms with van der Waals surface area (Å²) < 4.78 is 36.4. The molecule has 2 rings (SSSR count). The molecule has 0 aliphatic rings. The summed E-state index contributed by atoms with van der Waals surface area (Å²) in [5.74, 6) is -0.480. The molecule has 0 aromatic heterocycles. The topological polar surface area (TPSA) is 51.2 Å². The molecule has 0 unspecified atom stereocenters. The van der Waals surface area contributed by atoms with E-state index in [4.69, 9.17) is 0 Å². The maximum absolute atomic E-state index is 13.7. The molecular weight excluding hydrogens is 299 g/mol. The van der Waals surface area contributed by atoms with E-state index in [9.17, 15) is 17.6 Å². The molecule has 0 spiro atoms. The van der Waals surface area contributed by atoms with Crippen LogP contribution < -0.4 is 0 Å². The fourth-order valence-electron chi connectivity index (χ4n) is 1.56. The summed E-state index contributed by atoms with van der Waals surface area (Å²) in [4.78, 5) is 11.8. The predicted octanol–water partition coefficient (Wildman–Crippen LogP) is 3.19. The van der Waals surface area contributed by atoms with E-state index in [0.29, 0.717) is 11.2 Å².